The normalized spacial score (nSPS) is 13.5. The van der Waals surface area contributed by atoms with Crippen molar-refractivity contribution in [1.29, 1.82) is 0 Å². The summed E-state index contributed by atoms with van der Waals surface area (Å²) in [5, 5.41) is 2.56. The van der Waals surface area contributed by atoms with E-state index < -0.39 is 0 Å². The first-order valence-electron chi connectivity index (χ1n) is 5.08. The van der Waals surface area contributed by atoms with Gasteiger partial charge in [-0.2, -0.15) is 0 Å². The maximum absolute atomic E-state index is 11.7. The van der Waals surface area contributed by atoms with Crippen molar-refractivity contribution in [2.45, 2.75) is 13.5 Å². The van der Waals surface area contributed by atoms with Gasteiger partial charge in [-0.3, -0.25) is 19.4 Å². The fourth-order valence-electron chi connectivity index (χ4n) is 1.65. The van der Waals surface area contributed by atoms with Gasteiger partial charge in [-0.15, -0.1) is 0 Å². The third-order valence-corrected chi connectivity index (χ3v) is 2.43. The van der Waals surface area contributed by atoms with Crippen LogP contribution < -0.4 is 5.32 Å². The second-order valence-corrected chi connectivity index (χ2v) is 3.65. The van der Waals surface area contributed by atoms with Gasteiger partial charge in [0.15, 0.2) is 11.6 Å². The van der Waals surface area contributed by atoms with E-state index in [2.05, 4.69) is 10.3 Å². The number of fused-ring (bicyclic) bond motifs is 1. The van der Waals surface area contributed by atoms with E-state index in [1.165, 1.54) is 31.3 Å². The fourth-order valence-corrected chi connectivity index (χ4v) is 1.65. The minimum atomic E-state index is -0.256. The van der Waals surface area contributed by atoms with Crippen LogP contribution in [-0.4, -0.2) is 22.5 Å². The van der Waals surface area contributed by atoms with Crippen LogP contribution in [0, 0.1) is 0 Å². The molecule has 86 valence electrons. The summed E-state index contributed by atoms with van der Waals surface area (Å²) >= 11 is 0. The molecule has 1 aliphatic carbocycles. The van der Waals surface area contributed by atoms with Gasteiger partial charge in [0.1, 0.15) is 0 Å². The Hall–Kier alpha value is -2.30. The van der Waals surface area contributed by atoms with Crippen LogP contribution in [0.3, 0.4) is 0 Å². The quantitative estimate of drug-likeness (QED) is 0.809. The molecule has 0 unspecified atom stereocenters. The number of pyridine rings is 1. The zero-order valence-corrected chi connectivity index (χ0v) is 9.19. The average molecular weight is 230 g/mol. The molecule has 0 radical (unpaired) electrons. The fraction of sp³-hybridized carbons (Fsp3) is 0.167. The molecule has 1 heterocycles. The predicted octanol–water partition coefficient (Wildman–Crippen LogP) is 0.653. The first-order chi connectivity index (χ1) is 8.09. The monoisotopic (exact) mass is 230 g/mol. The van der Waals surface area contributed by atoms with Crippen molar-refractivity contribution in [1.82, 2.24) is 10.3 Å². The van der Waals surface area contributed by atoms with Gasteiger partial charge in [0.05, 0.1) is 17.8 Å². The van der Waals surface area contributed by atoms with Crippen LogP contribution in [0.2, 0.25) is 0 Å². The minimum Gasteiger partial charge on any atom is -0.351 e. The maximum atomic E-state index is 11.7. The lowest BCUT2D eigenvalue weighted by molar-refractivity contribution is -0.119. The Kier molecular flexibility index (Phi) is 2.82. The lowest BCUT2D eigenvalue weighted by atomic mass is 9.94. The van der Waals surface area contributed by atoms with Crippen LogP contribution in [0.1, 0.15) is 33.3 Å². The van der Waals surface area contributed by atoms with Crippen molar-refractivity contribution < 1.29 is 14.4 Å². The number of aromatic nitrogens is 1. The molecule has 17 heavy (non-hydrogen) atoms. The van der Waals surface area contributed by atoms with Crippen molar-refractivity contribution in [3.63, 3.8) is 0 Å². The first-order valence-corrected chi connectivity index (χ1v) is 5.08. The Morgan fingerprint density at radius 1 is 1.29 bits per heavy atom. The third kappa shape index (κ3) is 2.13. The number of ketones is 2. The first kappa shape index (κ1) is 11.2. The summed E-state index contributed by atoms with van der Waals surface area (Å²) < 4.78 is 0. The standard InChI is InChI=1S/C12H10N2O3/c1-7(15)14-6-9-12-8(4-5-13-9)10(16)2-3-11(12)17/h2-5H,6H2,1H3,(H,14,15). The number of nitrogens with zero attached hydrogens (tertiary/aromatic N) is 1. The van der Waals surface area contributed by atoms with Gasteiger partial charge in [0.2, 0.25) is 5.91 Å². The average Bonchev–Trinajstić information content (AvgIpc) is 2.31. The molecule has 1 aromatic heterocycles. The topological polar surface area (TPSA) is 76.1 Å². The van der Waals surface area contributed by atoms with Crippen molar-refractivity contribution in [3.05, 3.63) is 41.2 Å². The van der Waals surface area contributed by atoms with Crippen LogP contribution >= 0.6 is 0 Å². The Bertz CT molecular complexity index is 547. The molecule has 0 aliphatic heterocycles. The molecule has 0 saturated heterocycles. The van der Waals surface area contributed by atoms with Crippen LogP contribution in [0.15, 0.2) is 24.4 Å². The van der Waals surface area contributed by atoms with E-state index in [0.717, 1.165) is 0 Å². The van der Waals surface area contributed by atoms with Gasteiger partial charge in [-0.1, -0.05) is 0 Å². The van der Waals surface area contributed by atoms with E-state index in [1.807, 2.05) is 0 Å². The predicted molar refractivity (Wildman–Crippen MR) is 59.6 cm³/mol. The van der Waals surface area contributed by atoms with Crippen molar-refractivity contribution in [3.8, 4) is 0 Å². The highest BCUT2D eigenvalue weighted by Gasteiger charge is 2.22. The van der Waals surface area contributed by atoms with E-state index >= 15 is 0 Å². The van der Waals surface area contributed by atoms with E-state index in [0.29, 0.717) is 11.3 Å². The molecule has 0 aromatic carbocycles. The van der Waals surface area contributed by atoms with E-state index in [-0.39, 0.29) is 29.6 Å². The SMILES string of the molecule is CC(=O)NCc1nccc2c1C(=O)C=CC2=O. The number of rotatable bonds is 2. The van der Waals surface area contributed by atoms with Gasteiger partial charge in [0.25, 0.3) is 0 Å². The van der Waals surface area contributed by atoms with Crippen LogP contribution in [0.4, 0.5) is 0 Å². The Morgan fingerprint density at radius 2 is 2.00 bits per heavy atom. The highest BCUT2D eigenvalue weighted by atomic mass is 16.1. The van der Waals surface area contributed by atoms with Gasteiger partial charge in [-0.05, 0) is 18.2 Å². The van der Waals surface area contributed by atoms with Crippen LogP contribution in [0.5, 0.6) is 0 Å². The summed E-state index contributed by atoms with van der Waals surface area (Å²) in [6, 6.07) is 1.51. The van der Waals surface area contributed by atoms with Crippen molar-refractivity contribution in [2.24, 2.45) is 0 Å². The van der Waals surface area contributed by atoms with Gasteiger partial charge >= 0.3 is 0 Å². The third-order valence-electron chi connectivity index (χ3n) is 2.43. The number of carbonyl (C=O) groups excluding carboxylic acids is 3. The summed E-state index contributed by atoms with van der Waals surface area (Å²) in [5.41, 5.74) is 1.04. The molecule has 1 aromatic rings. The number of carbonyl (C=O) groups is 3. The number of amides is 1. The summed E-state index contributed by atoms with van der Waals surface area (Å²) in [6.45, 7) is 1.52. The number of allylic oxidation sites excluding steroid dienone is 2. The van der Waals surface area contributed by atoms with Crippen molar-refractivity contribution >= 4 is 17.5 Å². The molecule has 2 rings (SSSR count). The number of nitrogens with one attached hydrogen (secondary N) is 1. The molecule has 0 bridgehead atoms. The minimum absolute atomic E-state index is 0.144. The lowest BCUT2D eigenvalue weighted by Crippen LogP contribution is -2.23. The summed E-state index contributed by atoms with van der Waals surface area (Å²) in [4.78, 5) is 38.1. The number of hydrogen-bond acceptors (Lipinski definition) is 4. The number of hydrogen-bond donors (Lipinski definition) is 1. The second-order valence-electron chi connectivity index (χ2n) is 3.65. The summed E-state index contributed by atoms with van der Waals surface area (Å²) in [6.07, 6.45) is 3.93. The van der Waals surface area contributed by atoms with Crippen LogP contribution in [0.25, 0.3) is 0 Å². The van der Waals surface area contributed by atoms with Crippen LogP contribution in [-0.2, 0) is 11.3 Å². The second kappa shape index (κ2) is 4.29. The Labute approximate surface area is 97.5 Å². The molecular formula is C12H10N2O3. The van der Waals surface area contributed by atoms with Gasteiger partial charge in [-0.25, -0.2) is 0 Å². The zero-order valence-electron chi connectivity index (χ0n) is 9.19. The molecule has 1 aliphatic rings. The zero-order chi connectivity index (χ0) is 12.4. The molecule has 0 spiro atoms. The summed E-state index contributed by atoms with van der Waals surface area (Å²) in [5.74, 6) is -0.686. The molecule has 1 amide bonds. The van der Waals surface area contributed by atoms with Crippen molar-refractivity contribution in [2.75, 3.05) is 0 Å². The molecule has 0 fully saturated rings. The molecular weight excluding hydrogens is 220 g/mol. The van der Waals surface area contributed by atoms with Gasteiger partial charge in [0, 0.05) is 18.7 Å². The van der Waals surface area contributed by atoms with Gasteiger partial charge < -0.3 is 5.32 Å². The Balaban J connectivity index is 2.43. The lowest BCUT2D eigenvalue weighted by Gasteiger charge is -2.12. The molecule has 0 atom stereocenters. The molecule has 0 saturated carbocycles. The van der Waals surface area contributed by atoms with E-state index in [4.69, 9.17) is 0 Å². The highest BCUT2D eigenvalue weighted by molar-refractivity contribution is 6.22. The smallest absolute Gasteiger partial charge is 0.217 e. The molecule has 1 N–H and O–H groups in total. The Morgan fingerprint density at radius 3 is 2.71 bits per heavy atom. The molecule has 5 heteroatoms. The summed E-state index contributed by atoms with van der Waals surface area (Å²) in [7, 11) is 0. The largest absolute Gasteiger partial charge is 0.351 e. The van der Waals surface area contributed by atoms with E-state index in [1.54, 1.807) is 0 Å². The van der Waals surface area contributed by atoms with E-state index in [9.17, 15) is 14.4 Å². The maximum Gasteiger partial charge on any atom is 0.217 e. The molecule has 5 nitrogen and oxygen atoms in total. The highest BCUT2D eigenvalue weighted by Crippen LogP contribution is 2.19.